The predicted molar refractivity (Wildman–Crippen MR) is 346 cm³/mol. The molecule has 0 aliphatic carbocycles. The van der Waals surface area contributed by atoms with Gasteiger partial charge < -0.3 is 0 Å². The summed E-state index contributed by atoms with van der Waals surface area (Å²) in [6.07, 6.45) is 46.3. The van der Waals surface area contributed by atoms with E-state index in [4.69, 9.17) is 18.7 Å². The van der Waals surface area contributed by atoms with Gasteiger partial charge in [0, 0.05) is 41.4 Å². The first-order chi connectivity index (χ1) is 36.9. The third-order valence-corrected chi connectivity index (χ3v) is 22.4. The van der Waals surface area contributed by atoms with E-state index in [-0.39, 0.29) is 0 Å². The quantitative estimate of drug-likeness (QED) is 0.0286. The summed E-state index contributed by atoms with van der Waals surface area (Å²) >= 11 is 16.6. The Balaban J connectivity index is 1.20. The zero-order valence-electron chi connectivity index (χ0n) is 46.2. The van der Waals surface area contributed by atoms with Gasteiger partial charge in [-0.1, -0.05) is 233 Å². The maximum atomic E-state index is 5.93. The van der Waals surface area contributed by atoms with E-state index < -0.39 is 0 Å². The third kappa shape index (κ3) is 16.6. The van der Waals surface area contributed by atoms with Crippen molar-refractivity contribution >= 4 is 142 Å². The summed E-state index contributed by atoms with van der Waals surface area (Å²) in [5.74, 6) is 1.44. The number of hydrogen-bond acceptors (Lipinski definition) is 9. The van der Waals surface area contributed by atoms with E-state index in [1.165, 1.54) is 260 Å². The Hall–Kier alpha value is -1.86. The van der Waals surface area contributed by atoms with Gasteiger partial charge in [-0.25, -0.2) is 9.97 Å². The number of halogens is 2. The highest BCUT2D eigenvalue weighted by Gasteiger charge is 2.27. The number of fused-ring (bicyclic) bond motifs is 8. The van der Waals surface area contributed by atoms with Crippen molar-refractivity contribution in [1.82, 2.24) is 18.7 Å². The molecule has 0 saturated carbocycles. The summed E-state index contributed by atoms with van der Waals surface area (Å²) in [6, 6.07) is 13.9. The van der Waals surface area contributed by atoms with Gasteiger partial charge in [0.2, 0.25) is 0 Å². The number of thiophene rings is 4. The Morgan fingerprint density at radius 1 is 0.373 bits per heavy atom. The molecular formula is C64H88Br2N4S5. The van der Waals surface area contributed by atoms with Gasteiger partial charge in [0.05, 0.1) is 39.7 Å². The van der Waals surface area contributed by atoms with E-state index in [9.17, 15) is 0 Å². The summed E-state index contributed by atoms with van der Waals surface area (Å²) in [7, 11) is 0. The van der Waals surface area contributed by atoms with Crippen LogP contribution < -0.4 is 0 Å². The molecule has 0 aliphatic heterocycles. The lowest BCUT2D eigenvalue weighted by Gasteiger charge is -2.16. The normalized spacial score (nSPS) is 13.0. The maximum Gasteiger partial charge on any atom is 0.116 e. The number of rotatable bonds is 38. The number of nitrogens with zero attached hydrogens (tertiary/aromatic N) is 4. The highest BCUT2D eigenvalue weighted by atomic mass is 79.9. The van der Waals surface area contributed by atoms with E-state index in [0.717, 1.165) is 73.4 Å². The topological polar surface area (TPSA) is 51.6 Å². The molecule has 0 spiro atoms. The van der Waals surface area contributed by atoms with Gasteiger partial charge in [0.25, 0.3) is 0 Å². The molecule has 75 heavy (non-hydrogen) atoms. The Kier molecular flexibility index (Phi) is 25.1. The molecule has 11 heteroatoms. The predicted octanol–water partition coefficient (Wildman–Crippen LogP) is 25.1. The fraction of sp³-hybridized carbons (Fsp3) is 0.625. The molecule has 6 heterocycles. The third-order valence-electron chi connectivity index (χ3n) is 16.1. The van der Waals surface area contributed by atoms with Crippen molar-refractivity contribution in [3.8, 4) is 20.9 Å². The number of unbranched alkanes of at least 4 members (excludes halogenated alkanes) is 24. The minimum Gasteiger partial charge on any atom is -0.243 e. The fourth-order valence-corrected chi connectivity index (χ4v) is 18.0. The van der Waals surface area contributed by atoms with Crippen molar-refractivity contribution in [2.75, 3.05) is 0 Å². The second-order valence-electron chi connectivity index (χ2n) is 22.2. The lowest BCUT2D eigenvalue weighted by molar-refractivity contribution is 0.402. The highest BCUT2D eigenvalue weighted by molar-refractivity contribution is 9.11. The van der Waals surface area contributed by atoms with Crippen LogP contribution in [-0.2, 0) is 12.8 Å². The van der Waals surface area contributed by atoms with E-state index in [2.05, 4.69) is 119 Å². The molecule has 2 unspecified atom stereocenters. The maximum absolute atomic E-state index is 5.93. The lowest BCUT2D eigenvalue weighted by Crippen LogP contribution is -2.04. The molecule has 2 aromatic carbocycles. The van der Waals surface area contributed by atoms with Gasteiger partial charge in [-0.3, -0.25) is 0 Å². The molecule has 0 saturated heterocycles. The van der Waals surface area contributed by atoms with Crippen LogP contribution in [0.25, 0.3) is 74.2 Å². The minimum atomic E-state index is 0.720. The summed E-state index contributed by atoms with van der Waals surface area (Å²) in [4.78, 5) is 17.2. The molecule has 408 valence electrons. The zero-order valence-corrected chi connectivity index (χ0v) is 53.5. The van der Waals surface area contributed by atoms with Crippen LogP contribution in [0.2, 0.25) is 0 Å². The Bertz CT molecular complexity index is 2750. The summed E-state index contributed by atoms with van der Waals surface area (Å²) in [6.45, 7) is 9.32. The zero-order chi connectivity index (χ0) is 52.2. The molecule has 8 aromatic rings. The first-order valence-corrected chi connectivity index (χ1v) is 35.8. The Morgan fingerprint density at radius 2 is 0.693 bits per heavy atom. The first-order valence-electron chi connectivity index (χ1n) is 30.2. The van der Waals surface area contributed by atoms with Gasteiger partial charge in [-0.2, -0.15) is 8.75 Å². The average Bonchev–Trinajstić information content (AvgIpc) is 4.32. The van der Waals surface area contributed by atoms with Crippen LogP contribution in [0.4, 0.5) is 0 Å². The largest absolute Gasteiger partial charge is 0.243 e. The molecule has 0 N–H and O–H groups in total. The SMILES string of the molecule is CCCCCCCCCCC(CCCCCCCC)Cc1cc2c3nc4c(-c5ccc(Br)s5)c5nsnc5c(-c5ccc(Br)s5)c4nc3c3cc(CC(CCCCCCCC)CCCCCCCCCC)sc3c2s1. The molecule has 2 atom stereocenters. The lowest BCUT2D eigenvalue weighted by atomic mass is 9.90. The number of hydrogen-bond donors (Lipinski definition) is 0. The van der Waals surface area contributed by atoms with Crippen molar-refractivity contribution in [3.63, 3.8) is 0 Å². The van der Waals surface area contributed by atoms with Crippen molar-refractivity contribution in [1.29, 1.82) is 0 Å². The molecule has 6 aromatic heterocycles. The monoisotopic (exact) mass is 1230 g/mol. The summed E-state index contributed by atoms with van der Waals surface area (Å²) in [5.41, 5.74) is 7.90. The van der Waals surface area contributed by atoms with Crippen molar-refractivity contribution < 1.29 is 0 Å². The van der Waals surface area contributed by atoms with E-state index in [0.29, 0.717) is 0 Å². The molecular weight excluding hydrogens is 1140 g/mol. The molecule has 0 bridgehead atoms. The number of benzene rings is 2. The standard InChI is InChI=1S/C64H88Br2N4S5/c1-5-9-13-17-21-23-27-31-35-45(33-29-25-19-15-11-7-3)41-47-43-49-57-58(68-60-56(52-38-40-54(66)74-52)62-61(69-75-70-62)55(59(60)67-57)51-37-39-53(65)73-51)50-44-48(72-64(50)63(49)71-47)42-46(34-30-26-20-16-12-8-4)36-32-28-24-22-18-14-10-6-2/h37-40,43-46H,5-36,41-42H2,1-4H3. The van der Waals surface area contributed by atoms with Crippen LogP contribution in [0, 0.1) is 11.8 Å². The van der Waals surface area contributed by atoms with Crippen LogP contribution >= 0.6 is 88.9 Å². The van der Waals surface area contributed by atoms with Crippen molar-refractivity contribution in [3.05, 3.63) is 53.7 Å². The second kappa shape index (κ2) is 31.8. The highest BCUT2D eigenvalue weighted by Crippen LogP contribution is 2.49. The van der Waals surface area contributed by atoms with Crippen LogP contribution in [-0.4, -0.2) is 18.7 Å². The Labute approximate surface area is 489 Å². The fourth-order valence-electron chi connectivity index (χ4n) is 11.9. The van der Waals surface area contributed by atoms with Crippen LogP contribution in [0.15, 0.2) is 44.0 Å². The molecule has 0 aliphatic rings. The van der Waals surface area contributed by atoms with Crippen molar-refractivity contribution in [2.24, 2.45) is 11.8 Å². The van der Waals surface area contributed by atoms with Crippen LogP contribution in [0.3, 0.4) is 0 Å². The Morgan fingerprint density at radius 3 is 1.00 bits per heavy atom. The smallest absolute Gasteiger partial charge is 0.116 e. The van der Waals surface area contributed by atoms with Crippen LogP contribution in [0.5, 0.6) is 0 Å². The van der Waals surface area contributed by atoms with Gasteiger partial charge in [-0.05, 0) is 92.9 Å². The number of aromatic nitrogens is 4. The van der Waals surface area contributed by atoms with Gasteiger partial charge in [0.15, 0.2) is 0 Å². The molecule has 8 rings (SSSR count). The summed E-state index contributed by atoms with van der Waals surface area (Å²) in [5, 5.41) is 2.59. The average molecular weight is 1230 g/mol. The van der Waals surface area contributed by atoms with Crippen molar-refractivity contribution in [2.45, 2.75) is 246 Å². The molecule has 0 amide bonds. The van der Waals surface area contributed by atoms with Gasteiger partial charge in [0.1, 0.15) is 22.1 Å². The molecule has 4 nitrogen and oxygen atoms in total. The molecule has 0 fully saturated rings. The minimum absolute atomic E-state index is 0.720. The van der Waals surface area contributed by atoms with E-state index in [1.807, 2.05) is 0 Å². The second-order valence-corrected chi connectivity index (χ2v) is 30.0. The molecule has 0 radical (unpaired) electrons. The van der Waals surface area contributed by atoms with E-state index in [1.54, 1.807) is 22.7 Å². The summed E-state index contributed by atoms with van der Waals surface area (Å²) < 4.78 is 15.1. The van der Waals surface area contributed by atoms with Gasteiger partial charge in [-0.15, -0.1) is 45.3 Å². The van der Waals surface area contributed by atoms with Gasteiger partial charge >= 0.3 is 0 Å². The van der Waals surface area contributed by atoms with Crippen LogP contribution in [0.1, 0.15) is 243 Å². The first kappa shape index (κ1) is 59.3. The van der Waals surface area contributed by atoms with E-state index >= 15 is 0 Å².